The molecule has 1 aromatic rings. The SMILES string of the molecule is CC(CC(F)F)n1cc(Br)ccc1=O. The lowest BCUT2D eigenvalue weighted by Crippen LogP contribution is -2.23. The fraction of sp³-hybridized carbons (Fsp3) is 0.444. The van der Waals surface area contributed by atoms with E-state index in [0.717, 1.165) is 0 Å². The molecule has 78 valence electrons. The van der Waals surface area contributed by atoms with Crippen molar-refractivity contribution in [1.82, 2.24) is 4.57 Å². The van der Waals surface area contributed by atoms with Crippen LogP contribution in [-0.4, -0.2) is 11.0 Å². The highest BCUT2D eigenvalue weighted by molar-refractivity contribution is 9.10. The lowest BCUT2D eigenvalue weighted by Gasteiger charge is -2.14. The third-order valence-corrected chi connectivity index (χ3v) is 2.37. The molecule has 1 unspecified atom stereocenters. The monoisotopic (exact) mass is 265 g/mol. The van der Waals surface area contributed by atoms with E-state index in [1.165, 1.54) is 16.8 Å². The molecular formula is C9H10BrF2NO. The molecule has 0 radical (unpaired) electrons. The molecule has 1 heterocycles. The predicted molar refractivity (Wildman–Crippen MR) is 53.7 cm³/mol. The van der Waals surface area contributed by atoms with Crippen LogP contribution in [0.5, 0.6) is 0 Å². The van der Waals surface area contributed by atoms with Gasteiger partial charge in [-0.25, -0.2) is 8.78 Å². The van der Waals surface area contributed by atoms with Crippen molar-refractivity contribution in [3.05, 3.63) is 33.2 Å². The normalized spacial score (nSPS) is 13.2. The molecule has 0 saturated carbocycles. The molecule has 14 heavy (non-hydrogen) atoms. The highest BCUT2D eigenvalue weighted by atomic mass is 79.9. The number of halogens is 3. The molecule has 0 aliphatic carbocycles. The van der Waals surface area contributed by atoms with Crippen molar-refractivity contribution >= 4 is 15.9 Å². The van der Waals surface area contributed by atoms with E-state index in [1.807, 2.05) is 0 Å². The van der Waals surface area contributed by atoms with Crippen LogP contribution in [-0.2, 0) is 0 Å². The Labute approximate surface area is 88.7 Å². The van der Waals surface area contributed by atoms with Crippen LogP contribution in [0, 0.1) is 0 Å². The first-order chi connectivity index (χ1) is 6.50. The van der Waals surface area contributed by atoms with E-state index < -0.39 is 12.5 Å². The number of pyridine rings is 1. The highest BCUT2D eigenvalue weighted by Gasteiger charge is 2.12. The molecule has 2 nitrogen and oxygen atoms in total. The van der Waals surface area contributed by atoms with Gasteiger partial charge in [0.25, 0.3) is 5.56 Å². The van der Waals surface area contributed by atoms with Crippen LogP contribution in [0.3, 0.4) is 0 Å². The van der Waals surface area contributed by atoms with E-state index in [2.05, 4.69) is 15.9 Å². The van der Waals surface area contributed by atoms with E-state index in [-0.39, 0.29) is 12.0 Å². The average molecular weight is 266 g/mol. The van der Waals surface area contributed by atoms with Crippen molar-refractivity contribution in [3.8, 4) is 0 Å². The van der Waals surface area contributed by atoms with Crippen molar-refractivity contribution in [3.63, 3.8) is 0 Å². The molecule has 1 atom stereocenters. The Morgan fingerprint density at radius 3 is 2.71 bits per heavy atom. The third-order valence-electron chi connectivity index (χ3n) is 1.90. The molecule has 0 saturated heterocycles. The van der Waals surface area contributed by atoms with E-state index >= 15 is 0 Å². The van der Waals surface area contributed by atoms with Crippen LogP contribution in [0.4, 0.5) is 8.78 Å². The Kier molecular flexibility index (Phi) is 3.80. The fourth-order valence-electron chi connectivity index (χ4n) is 1.19. The Balaban J connectivity index is 2.94. The van der Waals surface area contributed by atoms with Gasteiger partial charge >= 0.3 is 0 Å². The Morgan fingerprint density at radius 2 is 2.14 bits per heavy atom. The van der Waals surface area contributed by atoms with Gasteiger partial charge in [0.1, 0.15) is 0 Å². The zero-order valence-electron chi connectivity index (χ0n) is 7.58. The second-order valence-corrected chi connectivity index (χ2v) is 3.98. The van der Waals surface area contributed by atoms with Crippen molar-refractivity contribution in [2.24, 2.45) is 0 Å². The second-order valence-electron chi connectivity index (χ2n) is 3.07. The quantitative estimate of drug-likeness (QED) is 0.824. The van der Waals surface area contributed by atoms with E-state index in [4.69, 9.17) is 0 Å². The van der Waals surface area contributed by atoms with Gasteiger partial charge in [0.05, 0.1) is 0 Å². The largest absolute Gasteiger partial charge is 0.311 e. The molecule has 0 aromatic carbocycles. The number of aromatic nitrogens is 1. The molecule has 0 N–H and O–H groups in total. The minimum Gasteiger partial charge on any atom is -0.311 e. The van der Waals surface area contributed by atoms with Crippen LogP contribution in [0.25, 0.3) is 0 Å². The molecule has 0 amide bonds. The van der Waals surface area contributed by atoms with Gasteiger partial charge in [0.2, 0.25) is 6.43 Å². The van der Waals surface area contributed by atoms with Crippen LogP contribution >= 0.6 is 15.9 Å². The number of rotatable bonds is 3. The molecule has 1 rings (SSSR count). The van der Waals surface area contributed by atoms with Gasteiger partial charge in [-0.3, -0.25) is 4.79 Å². The zero-order valence-corrected chi connectivity index (χ0v) is 9.17. The molecule has 0 spiro atoms. The van der Waals surface area contributed by atoms with Gasteiger partial charge in [-0.1, -0.05) is 0 Å². The topological polar surface area (TPSA) is 22.0 Å². The van der Waals surface area contributed by atoms with Crippen LogP contribution in [0.1, 0.15) is 19.4 Å². The molecular weight excluding hydrogens is 256 g/mol. The molecule has 1 aromatic heterocycles. The Bertz CT molecular complexity index is 364. The molecule has 0 fully saturated rings. The summed E-state index contributed by atoms with van der Waals surface area (Å²) in [5.41, 5.74) is -0.263. The number of hydrogen-bond acceptors (Lipinski definition) is 1. The number of hydrogen-bond donors (Lipinski definition) is 0. The molecule has 0 bridgehead atoms. The Hall–Kier alpha value is -0.710. The van der Waals surface area contributed by atoms with Crippen molar-refractivity contribution in [1.29, 1.82) is 0 Å². The van der Waals surface area contributed by atoms with Gasteiger partial charge in [-0.2, -0.15) is 0 Å². The van der Waals surface area contributed by atoms with Crippen LogP contribution < -0.4 is 5.56 Å². The first-order valence-corrected chi connectivity index (χ1v) is 4.96. The minimum absolute atomic E-state index is 0.263. The molecule has 0 aliphatic rings. The smallest absolute Gasteiger partial charge is 0.250 e. The lowest BCUT2D eigenvalue weighted by atomic mass is 10.2. The summed E-state index contributed by atoms with van der Waals surface area (Å²) in [6.45, 7) is 1.60. The van der Waals surface area contributed by atoms with Gasteiger partial charge < -0.3 is 4.57 Å². The minimum atomic E-state index is -2.39. The standard InChI is InChI=1S/C9H10BrF2NO/c1-6(4-8(11)12)13-5-7(10)2-3-9(13)14/h2-3,5-6,8H,4H2,1H3. The fourth-order valence-corrected chi connectivity index (χ4v) is 1.55. The second kappa shape index (κ2) is 4.68. The molecule has 0 aliphatic heterocycles. The summed E-state index contributed by atoms with van der Waals surface area (Å²) >= 11 is 3.18. The average Bonchev–Trinajstić information content (AvgIpc) is 2.08. The van der Waals surface area contributed by atoms with Crippen LogP contribution in [0.2, 0.25) is 0 Å². The van der Waals surface area contributed by atoms with Gasteiger partial charge in [0.15, 0.2) is 0 Å². The number of nitrogens with zero attached hydrogens (tertiary/aromatic N) is 1. The van der Waals surface area contributed by atoms with Crippen molar-refractivity contribution in [2.75, 3.05) is 0 Å². The van der Waals surface area contributed by atoms with Gasteiger partial charge in [0, 0.05) is 29.2 Å². The summed E-state index contributed by atoms with van der Waals surface area (Å²) in [6, 6.07) is 2.46. The predicted octanol–water partition coefficient (Wildman–Crippen LogP) is 2.83. The summed E-state index contributed by atoms with van der Waals surface area (Å²) in [4.78, 5) is 11.3. The highest BCUT2D eigenvalue weighted by Crippen LogP contribution is 2.16. The maximum Gasteiger partial charge on any atom is 0.250 e. The summed E-state index contributed by atoms with van der Waals surface area (Å²) in [5.74, 6) is 0. The van der Waals surface area contributed by atoms with E-state index in [1.54, 1.807) is 13.0 Å². The first kappa shape index (κ1) is 11.4. The third kappa shape index (κ3) is 2.90. The van der Waals surface area contributed by atoms with E-state index in [0.29, 0.717) is 4.47 Å². The summed E-state index contributed by atoms with van der Waals surface area (Å²) in [6.07, 6.45) is -1.18. The van der Waals surface area contributed by atoms with Gasteiger partial charge in [-0.05, 0) is 28.9 Å². The first-order valence-electron chi connectivity index (χ1n) is 4.16. The summed E-state index contributed by atoms with van der Waals surface area (Å²) < 4.78 is 26.2. The van der Waals surface area contributed by atoms with E-state index in [9.17, 15) is 13.6 Å². The lowest BCUT2D eigenvalue weighted by molar-refractivity contribution is 0.119. The summed E-state index contributed by atoms with van der Waals surface area (Å²) in [5, 5.41) is 0. The maximum absolute atomic E-state index is 12.1. The molecule has 5 heteroatoms. The van der Waals surface area contributed by atoms with Crippen molar-refractivity contribution < 1.29 is 8.78 Å². The Morgan fingerprint density at radius 1 is 1.50 bits per heavy atom. The summed E-state index contributed by atoms with van der Waals surface area (Å²) in [7, 11) is 0. The maximum atomic E-state index is 12.1. The van der Waals surface area contributed by atoms with Crippen LogP contribution in [0.15, 0.2) is 27.6 Å². The zero-order chi connectivity index (χ0) is 10.7. The number of alkyl halides is 2. The van der Waals surface area contributed by atoms with Crippen molar-refractivity contribution in [2.45, 2.75) is 25.8 Å². The van der Waals surface area contributed by atoms with Gasteiger partial charge in [-0.15, -0.1) is 0 Å².